The van der Waals surface area contributed by atoms with E-state index in [-0.39, 0.29) is 23.9 Å². The predicted octanol–water partition coefficient (Wildman–Crippen LogP) is 9.58. The molecule has 7 aliphatic rings. The molecular formula is C43H71FN2O2S. The molecule has 0 bridgehead atoms. The van der Waals surface area contributed by atoms with Gasteiger partial charge in [-0.1, -0.05) is 59.3 Å². The van der Waals surface area contributed by atoms with Crippen LogP contribution < -0.4 is 5.32 Å². The van der Waals surface area contributed by atoms with Gasteiger partial charge in [-0.25, -0.2) is 8.42 Å². The number of hydrogen-bond acceptors (Lipinski definition) is 4. The van der Waals surface area contributed by atoms with Crippen LogP contribution >= 0.6 is 0 Å². The van der Waals surface area contributed by atoms with Crippen LogP contribution in [0, 0.1) is 57.7 Å². The van der Waals surface area contributed by atoms with E-state index in [1.54, 1.807) is 17.2 Å². The highest BCUT2D eigenvalue weighted by molar-refractivity contribution is 7.91. The van der Waals surface area contributed by atoms with E-state index in [0.717, 1.165) is 68.5 Å². The molecule has 10 unspecified atom stereocenters. The van der Waals surface area contributed by atoms with Crippen LogP contribution in [0.15, 0.2) is 36.0 Å². The molecule has 278 valence electrons. The summed E-state index contributed by atoms with van der Waals surface area (Å²) in [5.41, 5.74) is 4.44. The first-order chi connectivity index (χ1) is 23.2. The van der Waals surface area contributed by atoms with E-state index in [9.17, 15) is 12.8 Å². The summed E-state index contributed by atoms with van der Waals surface area (Å²) in [6.45, 7) is 21.3. The van der Waals surface area contributed by atoms with Crippen LogP contribution in [0.3, 0.4) is 0 Å². The molecule has 0 aromatic rings. The van der Waals surface area contributed by atoms with Crippen LogP contribution in [0.25, 0.3) is 0 Å². The lowest BCUT2D eigenvalue weighted by Gasteiger charge is -2.68. The fraction of sp³-hybridized carbons (Fsp3) is 0.860. The number of nitrogens with zero attached hydrogens (tertiary/aromatic N) is 1. The third kappa shape index (κ3) is 6.96. The number of hydrogen-bond donors (Lipinski definition) is 1. The number of allylic oxidation sites excluding steroid dienone is 5. The van der Waals surface area contributed by atoms with E-state index < -0.39 is 9.84 Å². The van der Waals surface area contributed by atoms with E-state index >= 15 is 0 Å². The Balaban J connectivity index is 0.00000134. The number of rotatable bonds is 6. The fourth-order valence-corrected chi connectivity index (χ4v) is 15.7. The van der Waals surface area contributed by atoms with Crippen molar-refractivity contribution in [1.82, 2.24) is 10.2 Å². The molecule has 1 saturated heterocycles. The van der Waals surface area contributed by atoms with Crippen molar-refractivity contribution in [3.8, 4) is 0 Å². The molecule has 1 aliphatic heterocycles. The molecule has 0 aromatic carbocycles. The van der Waals surface area contributed by atoms with Gasteiger partial charge in [0.25, 0.3) is 0 Å². The minimum atomic E-state index is -2.90. The Labute approximate surface area is 300 Å². The lowest BCUT2D eigenvalue weighted by atomic mass is 9.37. The van der Waals surface area contributed by atoms with Crippen LogP contribution in [0.2, 0.25) is 0 Å². The predicted molar refractivity (Wildman–Crippen MR) is 204 cm³/mol. The number of fused-ring (bicyclic) bond motifs is 7. The topological polar surface area (TPSA) is 49.4 Å². The molecule has 0 radical (unpaired) electrons. The zero-order valence-electron chi connectivity index (χ0n) is 32.2. The average molecular weight is 699 g/mol. The van der Waals surface area contributed by atoms with Crippen molar-refractivity contribution in [3.63, 3.8) is 0 Å². The minimum Gasteiger partial charge on any atom is -0.310 e. The number of halogens is 1. The molecule has 0 aromatic heterocycles. The molecule has 0 amide bonds. The second-order valence-corrected chi connectivity index (χ2v) is 21.3. The van der Waals surface area contributed by atoms with E-state index in [2.05, 4.69) is 63.6 Å². The molecular weight excluding hydrogens is 628 g/mol. The largest absolute Gasteiger partial charge is 0.310 e. The Kier molecular flexibility index (Phi) is 11.1. The number of alkyl halides is 1. The molecule has 7 rings (SSSR count). The Morgan fingerprint density at radius 2 is 1.76 bits per heavy atom. The van der Waals surface area contributed by atoms with Crippen molar-refractivity contribution in [2.24, 2.45) is 57.7 Å². The first-order valence-corrected chi connectivity index (χ1v) is 22.3. The van der Waals surface area contributed by atoms with Crippen molar-refractivity contribution < 1.29 is 12.8 Å². The van der Waals surface area contributed by atoms with Crippen LogP contribution in [-0.4, -0.2) is 63.2 Å². The first-order valence-electron chi connectivity index (χ1n) is 20.4. The number of nitrogens with one attached hydrogen (secondary N) is 1. The smallest absolute Gasteiger partial charge is 0.151 e. The summed E-state index contributed by atoms with van der Waals surface area (Å²) in [7, 11) is -2.90. The summed E-state index contributed by atoms with van der Waals surface area (Å²) < 4.78 is 38.0. The highest BCUT2D eigenvalue weighted by atomic mass is 32.2. The second-order valence-electron chi connectivity index (χ2n) is 19.1. The maximum absolute atomic E-state index is 13.4. The highest BCUT2D eigenvalue weighted by Crippen LogP contribution is 2.72. The maximum atomic E-state index is 13.4. The summed E-state index contributed by atoms with van der Waals surface area (Å²) in [6.07, 6.45) is 23.4. The zero-order valence-corrected chi connectivity index (χ0v) is 33.0. The fourth-order valence-electron chi connectivity index (χ4n) is 14.0. The van der Waals surface area contributed by atoms with E-state index in [1.165, 1.54) is 64.2 Å². The third-order valence-electron chi connectivity index (χ3n) is 15.9. The molecule has 10 atom stereocenters. The summed E-state index contributed by atoms with van der Waals surface area (Å²) in [4.78, 5) is 2.41. The quantitative estimate of drug-likeness (QED) is 0.281. The number of sulfone groups is 1. The highest BCUT2D eigenvalue weighted by Gasteiger charge is 2.65. The van der Waals surface area contributed by atoms with Gasteiger partial charge < -0.3 is 10.2 Å². The summed E-state index contributed by atoms with van der Waals surface area (Å²) in [6, 6.07) is 0. The third-order valence-corrected chi connectivity index (χ3v) is 17.8. The molecule has 49 heavy (non-hydrogen) atoms. The van der Waals surface area contributed by atoms with Crippen molar-refractivity contribution in [1.29, 1.82) is 0 Å². The molecule has 6 aliphatic carbocycles. The normalized spacial score (nSPS) is 44.3. The van der Waals surface area contributed by atoms with Crippen molar-refractivity contribution >= 4 is 9.84 Å². The van der Waals surface area contributed by atoms with Crippen LogP contribution in [0.1, 0.15) is 125 Å². The molecule has 4 saturated carbocycles. The van der Waals surface area contributed by atoms with E-state index in [4.69, 9.17) is 0 Å². The van der Waals surface area contributed by atoms with Gasteiger partial charge in [0.15, 0.2) is 9.84 Å². The lowest BCUT2D eigenvalue weighted by Crippen LogP contribution is -2.64. The van der Waals surface area contributed by atoms with Gasteiger partial charge in [-0.3, -0.25) is 4.39 Å². The Morgan fingerprint density at radius 1 is 0.980 bits per heavy atom. The molecule has 1 heterocycles. The van der Waals surface area contributed by atoms with E-state index in [0.29, 0.717) is 34.4 Å². The summed E-state index contributed by atoms with van der Waals surface area (Å²) in [5.74, 6) is 5.17. The molecule has 5 fully saturated rings. The van der Waals surface area contributed by atoms with Gasteiger partial charge in [0.2, 0.25) is 0 Å². The second kappa shape index (κ2) is 14.4. The monoisotopic (exact) mass is 699 g/mol. The zero-order chi connectivity index (χ0) is 35.2. The van der Waals surface area contributed by atoms with Crippen molar-refractivity contribution in [2.45, 2.75) is 131 Å². The van der Waals surface area contributed by atoms with Gasteiger partial charge in [0, 0.05) is 31.7 Å². The van der Waals surface area contributed by atoms with Gasteiger partial charge in [-0.15, -0.1) is 6.58 Å². The summed E-state index contributed by atoms with van der Waals surface area (Å²) >= 11 is 0. The van der Waals surface area contributed by atoms with Crippen LogP contribution in [0.5, 0.6) is 0 Å². The van der Waals surface area contributed by atoms with Crippen LogP contribution in [0.4, 0.5) is 4.39 Å². The standard InChI is InChI=1S/C40H65FN2O2S.C3H6/c1-28-26-43(23-24-46(44,45)27-28)22-21-42-40-17-6-7-34(40)31-12-13-36-38(4,33(31)15-20-40)19-16-35-37(2,3)32(14-18-39(35,36)5)30-10-8-29(25-41)9-11-30;1-3-2/h10,14,28-29,31,33-36,42H,6-9,11-13,15-27H2,1-5H3;3H,1H2,2H3. The molecule has 0 spiro atoms. The molecule has 1 N–H and O–H groups in total. The first kappa shape index (κ1) is 37.8. The lowest BCUT2D eigenvalue weighted by molar-refractivity contribution is -0.175. The van der Waals surface area contributed by atoms with Gasteiger partial charge in [-0.05, 0) is 153 Å². The van der Waals surface area contributed by atoms with Gasteiger partial charge in [0.05, 0.1) is 18.2 Å². The Hall–Kier alpha value is -0.980. The SMILES string of the molecule is C=CC.CC1CN(CCNC23CCCC2C2CCC4C(C)(CCC5C(C)(C)C(C6=CCC(CF)CC6)=CCC54C)C2CC3)CCS(=O)(=O)C1. The average Bonchev–Trinajstić information content (AvgIpc) is 3.42. The van der Waals surface area contributed by atoms with Crippen LogP contribution in [-0.2, 0) is 9.84 Å². The van der Waals surface area contributed by atoms with Crippen molar-refractivity contribution in [2.75, 3.05) is 44.4 Å². The Bertz CT molecular complexity index is 1370. The van der Waals surface area contributed by atoms with Gasteiger partial charge in [0.1, 0.15) is 0 Å². The summed E-state index contributed by atoms with van der Waals surface area (Å²) in [5, 5.41) is 4.20. The maximum Gasteiger partial charge on any atom is 0.151 e. The molecule has 4 nitrogen and oxygen atoms in total. The van der Waals surface area contributed by atoms with Crippen molar-refractivity contribution in [3.05, 3.63) is 36.0 Å². The van der Waals surface area contributed by atoms with Gasteiger partial charge in [-0.2, -0.15) is 0 Å². The van der Waals surface area contributed by atoms with Gasteiger partial charge >= 0.3 is 0 Å². The molecule has 6 heteroatoms. The minimum absolute atomic E-state index is 0.167. The Morgan fingerprint density at radius 3 is 2.47 bits per heavy atom. The van der Waals surface area contributed by atoms with E-state index in [1.807, 2.05) is 6.92 Å².